The lowest BCUT2D eigenvalue weighted by Crippen LogP contribution is -2.23. The zero-order valence-electron chi connectivity index (χ0n) is 6.38. The molecule has 0 bridgehead atoms. The van der Waals surface area contributed by atoms with E-state index in [2.05, 4.69) is 30.1 Å². The first-order valence-corrected chi connectivity index (χ1v) is 3.99. The third kappa shape index (κ3) is 0.859. The van der Waals surface area contributed by atoms with E-state index in [1.165, 1.54) is 25.2 Å². The Labute approximate surface area is 62.0 Å². The van der Waals surface area contributed by atoms with Gasteiger partial charge >= 0.3 is 0 Å². The summed E-state index contributed by atoms with van der Waals surface area (Å²) < 4.78 is 0. The summed E-state index contributed by atoms with van der Waals surface area (Å²) in [5.74, 6) is 0.762. The van der Waals surface area contributed by atoms with Crippen LogP contribution in [0.3, 0.4) is 0 Å². The van der Waals surface area contributed by atoms with Crippen LogP contribution in [0.5, 0.6) is 0 Å². The van der Waals surface area contributed by atoms with Gasteiger partial charge in [0.1, 0.15) is 0 Å². The van der Waals surface area contributed by atoms with Gasteiger partial charge in [0.05, 0.1) is 0 Å². The van der Waals surface area contributed by atoms with Gasteiger partial charge in [0.15, 0.2) is 0 Å². The molecule has 0 amide bonds. The van der Waals surface area contributed by atoms with Crippen LogP contribution in [0.1, 0.15) is 13.3 Å². The van der Waals surface area contributed by atoms with Crippen molar-refractivity contribution in [3.05, 3.63) is 23.9 Å². The van der Waals surface area contributed by atoms with Crippen molar-refractivity contribution in [1.82, 2.24) is 4.90 Å². The number of nitrogens with zero attached hydrogens (tertiary/aromatic N) is 1. The van der Waals surface area contributed by atoms with Crippen LogP contribution < -0.4 is 0 Å². The summed E-state index contributed by atoms with van der Waals surface area (Å²) in [7, 11) is 0. The Morgan fingerprint density at radius 2 is 2.50 bits per heavy atom. The third-order valence-corrected chi connectivity index (χ3v) is 2.18. The zero-order chi connectivity index (χ0) is 6.97. The molecule has 0 saturated heterocycles. The quantitative estimate of drug-likeness (QED) is 0.489. The van der Waals surface area contributed by atoms with Gasteiger partial charge < -0.3 is 4.90 Å². The first-order chi connectivity index (χ1) is 4.86. The maximum absolute atomic E-state index is 2.46. The fourth-order valence-corrected chi connectivity index (χ4v) is 1.72. The predicted octanol–water partition coefficient (Wildman–Crippen LogP) is 1.78. The summed E-state index contributed by atoms with van der Waals surface area (Å²) in [6, 6.07) is 0. The lowest BCUT2D eigenvalue weighted by atomic mass is 10.2. The molecular formula is C9H13N. The highest BCUT2D eigenvalue weighted by molar-refractivity contribution is 5.25. The van der Waals surface area contributed by atoms with Gasteiger partial charge in [-0.3, -0.25) is 0 Å². The minimum absolute atomic E-state index is 0.762. The summed E-state index contributed by atoms with van der Waals surface area (Å²) >= 11 is 0. The van der Waals surface area contributed by atoms with E-state index >= 15 is 0 Å². The Morgan fingerprint density at radius 3 is 3.30 bits per heavy atom. The van der Waals surface area contributed by atoms with Crippen molar-refractivity contribution < 1.29 is 0 Å². The van der Waals surface area contributed by atoms with Gasteiger partial charge in [0.25, 0.3) is 0 Å². The Morgan fingerprint density at radius 1 is 1.60 bits per heavy atom. The van der Waals surface area contributed by atoms with Gasteiger partial charge in [0.2, 0.25) is 0 Å². The molecule has 0 aromatic carbocycles. The molecule has 0 fully saturated rings. The lowest BCUT2D eigenvalue weighted by molar-refractivity contribution is 0.359. The molecule has 2 rings (SSSR count). The molecule has 1 heteroatoms. The van der Waals surface area contributed by atoms with Gasteiger partial charge in [-0.15, -0.1) is 0 Å². The SMILES string of the molecule is CC1C=C2C=CCCN2C1. The van der Waals surface area contributed by atoms with Gasteiger partial charge in [0, 0.05) is 18.8 Å². The van der Waals surface area contributed by atoms with E-state index in [9.17, 15) is 0 Å². The van der Waals surface area contributed by atoms with Crippen molar-refractivity contribution in [1.29, 1.82) is 0 Å². The third-order valence-electron chi connectivity index (χ3n) is 2.18. The maximum Gasteiger partial charge on any atom is 0.0326 e. The minimum Gasteiger partial charge on any atom is -0.371 e. The number of allylic oxidation sites excluding steroid dienone is 1. The number of hydrogen-bond acceptors (Lipinski definition) is 1. The summed E-state index contributed by atoms with van der Waals surface area (Å²) in [6.07, 6.45) is 8.09. The maximum atomic E-state index is 2.46. The van der Waals surface area contributed by atoms with Gasteiger partial charge in [-0.2, -0.15) is 0 Å². The molecule has 2 aliphatic rings. The molecule has 1 atom stereocenters. The molecular weight excluding hydrogens is 122 g/mol. The molecule has 1 unspecified atom stereocenters. The first-order valence-electron chi connectivity index (χ1n) is 3.99. The van der Waals surface area contributed by atoms with E-state index in [4.69, 9.17) is 0 Å². The summed E-state index contributed by atoms with van der Waals surface area (Å²) in [4.78, 5) is 2.46. The van der Waals surface area contributed by atoms with Gasteiger partial charge in [-0.25, -0.2) is 0 Å². The van der Waals surface area contributed by atoms with Crippen LogP contribution in [0, 0.1) is 5.92 Å². The molecule has 10 heavy (non-hydrogen) atoms. The highest BCUT2D eigenvalue weighted by Crippen LogP contribution is 2.23. The fourth-order valence-electron chi connectivity index (χ4n) is 1.72. The van der Waals surface area contributed by atoms with Crippen LogP contribution in [0.25, 0.3) is 0 Å². The Bertz CT molecular complexity index is 191. The Hall–Kier alpha value is -0.720. The average molecular weight is 135 g/mol. The van der Waals surface area contributed by atoms with Crippen molar-refractivity contribution in [2.45, 2.75) is 13.3 Å². The van der Waals surface area contributed by atoms with E-state index in [-0.39, 0.29) is 0 Å². The molecule has 0 aliphatic carbocycles. The second-order valence-electron chi connectivity index (χ2n) is 3.21. The van der Waals surface area contributed by atoms with Crippen molar-refractivity contribution in [3.8, 4) is 0 Å². The van der Waals surface area contributed by atoms with Crippen LogP contribution in [-0.2, 0) is 0 Å². The van der Waals surface area contributed by atoms with Crippen molar-refractivity contribution in [3.63, 3.8) is 0 Å². The average Bonchev–Trinajstić information content (AvgIpc) is 2.27. The molecule has 1 nitrogen and oxygen atoms in total. The summed E-state index contributed by atoms with van der Waals surface area (Å²) in [5.41, 5.74) is 1.44. The minimum atomic E-state index is 0.762. The van der Waals surface area contributed by atoms with E-state index in [1.54, 1.807) is 0 Å². The van der Waals surface area contributed by atoms with Crippen LogP contribution in [0.15, 0.2) is 23.9 Å². The van der Waals surface area contributed by atoms with E-state index < -0.39 is 0 Å². The first kappa shape index (κ1) is 6.02. The van der Waals surface area contributed by atoms with Gasteiger partial charge in [-0.1, -0.05) is 19.1 Å². The van der Waals surface area contributed by atoms with E-state index in [0.29, 0.717) is 0 Å². The highest BCUT2D eigenvalue weighted by Gasteiger charge is 2.19. The van der Waals surface area contributed by atoms with E-state index in [0.717, 1.165) is 5.92 Å². The van der Waals surface area contributed by atoms with Crippen LogP contribution in [0.4, 0.5) is 0 Å². The second kappa shape index (κ2) is 2.15. The van der Waals surface area contributed by atoms with Crippen molar-refractivity contribution in [2.24, 2.45) is 5.92 Å². The zero-order valence-corrected chi connectivity index (χ0v) is 6.38. The molecule has 0 aromatic rings. The standard InChI is InChI=1S/C9H13N/c1-8-6-9-4-2-3-5-10(9)7-8/h2,4,6,8H,3,5,7H2,1H3. The number of rotatable bonds is 0. The van der Waals surface area contributed by atoms with Crippen molar-refractivity contribution >= 4 is 0 Å². The fraction of sp³-hybridized carbons (Fsp3) is 0.556. The second-order valence-corrected chi connectivity index (χ2v) is 3.21. The van der Waals surface area contributed by atoms with Crippen LogP contribution in [-0.4, -0.2) is 18.0 Å². The van der Waals surface area contributed by atoms with E-state index in [1.807, 2.05) is 0 Å². The molecule has 0 saturated carbocycles. The highest BCUT2D eigenvalue weighted by atomic mass is 15.2. The molecule has 0 N–H and O–H groups in total. The van der Waals surface area contributed by atoms with Crippen LogP contribution in [0.2, 0.25) is 0 Å². The normalized spacial score (nSPS) is 30.3. The smallest absolute Gasteiger partial charge is 0.0326 e. The Kier molecular flexibility index (Phi) is 1.30. The summed E-state index contributed by atoms with van der Waals surface area (Å²) in [6.45, 7) is 4.74. The number of hydrogen-bond donors (Lipinski definition) is 0. The van der Waals surface area contributed by atoms with Crippen LogP contribution >= 0.6 is 0 Å². The summed E-state index contributed by atoms with van der Waals surface area (Å²) in [5, 5.41) is 0. The lowest BCUT2D eigenvalue weighted by Gasteiger charge is -2.23. The molecule has 0 radical (unpaired) electrons. The topological polar surface area (TPSA) is 3.24 Å². The predicted molar refractivity (Wildman–Crippen MR) is 42.6 cm³/mol. The largest absolute Gasteiger partial charge is 0.371 e. The molecule has 54 valence electrons. The van der Waals surface area contributed by atoms with Crippen molar-refractivity contribution in [2.75, 3.05) is 13.1 Å². The molecule has 0 aromatic heterocycles. The Balaban J connectivity index is 2.22. The molecule has 2 heterocycles. The number of fused-ring (bicyclic) bond motifs is 1. The molecule has 2 aliphatic heterocycles. The van der Waals surface area contributed by atoms with Gasteiger partial charge in [-0.05, 0) is 18.4 Å². The molecule has 0 spiro atoms. The monoisotopic (exact) mass is 135 g/mol.